The van der Waals surface area contributed by atoms with Crippen molar-refractivity contribution in [1.82, 2.24) is 0 Å². The van der Waals surface area contributed by atoms with E-state index in [9.17, 15) is 10.1 Å². The predicted molar refractivity (Wildman–Crippen MR) is 110 cm³/mol. The van der Waals surface area contributed by atoms with Gasteiger partial charge in [-0.15, -0.1) is 0 Å². The van der Waals surface area contributed by atoms with E-state index in [1.165, 1.54) is 13.2 Å². The fraction of sp³-hybridized carbons (Fsp3) is 0.238. The quantitative estimate of drug-likeness (QED) is 0.517. The number of methoxy groups -OCH3 is 1. The molecule has 0 atom stereocenters. The summed E-state index contributed by atoms with van der Waals surface area (Å²) in [4.78, 5) is 12.6. The van der Waals surface area contributed by atoms with Gasteiger partial charge in [-0.1, -0.05) is 18.2 Å². The molecule has 2 aromatic rings. The summed E-state index contributed by atoms with van der Waals surface area (Å²) in [5.74, 6) is 0.638. The molecule has 0 aliphatic rings. The molecule has 0 bridgehead atoms. The average Bonchev–Trinajstić information content (AvgIpc) is 2.64. The highest BCUT2D eigenvalue weighted by molar-refractivity contribution is 9.10. The third-order valence-electron chi connectivity index (χ3n) is 3.94. The first-order chi connectivity index (χ1) is 12.9. The summed E-state index contributed by atoms with van der Waals surface area (Å²) in [6.07, 6.45) is 1.52. The Hall–Kier alpha value is -2.78. The number of ether oxygens (including phenoxy) is 2. The maximum atomic E-state index is 12.6. The Labute approximate surface area is 167 Å². The Morgan fingerprint density at radius 1 is 1.30 bits per heavy atom. The van der Waals surface area contributed by atoms with E-state index in [0.29, 0.717) is 33.8 Å². The van der Waals surface area contributed by atoms with Gasteiger partial charge in [-0.05, 0) is 71.6 Å². The minimum absolute atomic E-state index is 0.00392. The van der Waals surface area contributed by atoms with Crippen LogP contribution in [-0.2, 0) is 4.79 Å². The Morgan fingerprint density at radius 2 is 1.96 bits per heavy atom. The number of anilines is 1. The van der Waals surface area contributed by atoms with Crippen LogP contribution >= 0.6 is 15.9 Å². The molecule has 1 amide bonds. The van der Waals surface area contributed by atoms with Crippen molar-refractivity contribution in [2.45, 2.75) is 20.8 Å². The highest BCUT2D eigenvalue weighted by Crippen LogP contribution is 2.37. The topological polar surface area (TPSA) is 71.3 Å². The van der Waals surface area contributed by atoms with Gasteiger partial charge in [0.2, 0.25) is 0 Å². The Morgan fingerprint density at radius 3 is 2.52 bits per heavy atom. The average molecular weight is 429 g/mol. The highest BCUT2D eigenvalue weighted by atomic mass is 79.9. The van der Waals surface area contributed by atoms with E-state index in [-0.39, 0.29) is 5.57 Å². The Bertz CT molecular complexity index is 910. The van der Waals surface area contributed by atoms with E-state index in [4.69, 9.17) is 9.47 Å². The molecule has 0 unspecified atom stereocenters. The standard InChI is InChI=1S/C21H21BrN2O3/c1-5-27-20-17(22)10-15(11-18(20)26-4)9-16(12-23)21(25)24-19-13(2)7-6-8-14(19)3/h6-11H,5H2,1-4H3,(H,24,25)/b16-9-. The van der Waals surface area contributed by atoms with Gasteiger partial charge in [0.1, 0.15) is 11.6 Å². The number of benzene rings is 2. The van der Waals surface area contributed by atoms with Gasteiger partial charge in [0.05, 0.1) is 18.2 Å². The smallest absolute Gasteiger partial charge is 0.266 e. The number of carbonyl (C=O) groups excluding carboxylic acids is 1. The van der Waals surface area contributed by atoms with E-state index in [0.717, 1.165) is 11.1 Å². The van der Waals surface area contributed by atoms with Crippen LogP contribution in [0.4, 0.5) is 5.69 Å². The maximum absolute atomic E-state index is 12.6. The second-order valence-electron chi connectivity index (χ2n) is 5.86. The first-order valence-electron chi connectivity index (χ1n) is 8.41. The van der Waals surface area contributed by atoms with Crippen molar-refractivity contribution in [1.29, 1.82) is 5.26 Å². The molecule has 1 N–H and O–H groups in total. The van der Waals surface area contributed by atoms with Crippen molar-refractivity contribution in [3.8, 4) is 17.6 Å². The fourth-order valence-electron chi connectivity index (χ4n) is 2.62. The number of amides is 1. The van der Waals surface area contributed by atoms with Crippen LogP contribution in [0.5, 0.6) is 11.5 Å². The molecule has 0 fully saturated rings. The summed E-state index contributed by atoms with van der Waals surface area (Å²) in [6.45, 7) is 6.19. The minimum Gasteiger partial charge on any atom is -0.493 e. The van der Waals surface area contributed by atoms with Gasteiger partial charge in [0.25, 0.3) is 5.91 Å². The summed E-state index contributed by atoms with van der Waals surface area (Å²) in [7, 11) is 1.54. The van der Waals surface area contributed by atoms with Gasteiger partial charge in [0.15, 0.2) is 11.5 Å². The van der Waals surface area contributed by atoms with Crippen LogP contribution in [-0.4, -0.2) is 19.6 Å². The molecule has 0 aliphatic heterocycles. The molecule has 5 nitrogen and oxygen atoms in total. The second kappa shape index (κ2) is 9.24. The van der Waals surface area contributed by atoms with Crippen molar-refractivity contribution < 1.29 is 14.3 Å². The third-order valence-corrected chi connectivity index (χ3v) is 4.53. The van der Waals surface area contributed by atoms with Crippen LogP contribution in [0.25, 0.3) is 6.08 Å². The highest BCUT2D eigenvalue weighted by Gasteiger charge is 2.15. The van der Waals surface area contributed by atoms with Crippen LogP contribution in [0.2, 0.25) is 0 Å². The molecule has 0 saturated heterocycles. The number of hydrogen-bond donors (Lipinski definition) is 1. The fourth-order valence-corrected chi connectivity index (χ4v) is 3.19. The predicted octanol–water partition coefficient (Wildman–Crippen LogP) is 5.02. The number of nitriles is 1. The van der Waals surface area contributed by atoms with Crippen LogP contribution < -0.4 is 14.8 Å². The van der Waals surface area contributed by atoms with E-state index in [1.54, 1.807) is 12.1 Å². The van der Waals surface area contributed by atoms with Crippen LogP contribution in [0.15, 0.2) is 40.4 Å². The maximum Gasteiger partial charge on any atom is 0.266 e. The number of rotatable bonds is 6. The van der Waals surface area contributed by atoms with Crippen molar-refractivity contribution >= 4 is 33.6 Å². The lowest BCUT2D eigenvalue weighted by atomic mass is 10.1. The van der Waals surface area contributed by atoms with E-state index in [1.807, 2.05) is 45.0 Å². The second-order valence-corrected chi connectivity index (χ2v) is 6.71. The first kappa shape index (κ1) is 20.5. The number of halogens is 1. The summed E-state index contributed by atoms with van der Waals surface area (Å²) in [6, 6.07) is 11.2. The van der Waals surface area contributed by atoms with Gasteiger partial charge >= 0.3 is 0 Å². The molecule has 0 radical (unpaired) electrons. The normalized spacial score (nSPS) is 10.9. The lowest BCUT2D eigenvalue weighted by molar-refractivity contribution is -0.112. The van der Waals surface area contributed by atoms with Gasteiger partial charge in [-0.25, -0.2) is 0 Å². The van der Waals surface area contributed by atoms with Crippen LogP contribution in [0.3, 0.4) is 0 Å². The number of nitrogens with one attached hydrogen (secondary N) is 1. The SMILES string of the molecule is CCOc1c(Br)cc(/C=C(/C#N)C(=O)Nc2c(C)cccc2C)cc1OC. The number of para-hydroxylation sites is 1. The minimum atomic E-state index is -0.459. The Balaban J connectivity index is 2.37. The van der Waals surface area contributed by atoms with Gasteiger partial charge in [-0.2, -0.15) is 5.26 Å². The molecular weight excluding hydrogens is 408 g/mol. The molecule has 0 aromatic heterocycles. The number of carbonyl (C=O) groups is 1. The summed E-state index contributed by atoms with van der Waals surface area (Å²) in [5, 5.41) is 12.3. The molecule has 27 heavy (non-hydrogen) atoms. The largest absolute Gasteiger partial charge is 0.493 e. The lowest BCUT2D eigenvalue weighted by Crippen LogP contribution is -2.15. The van der Waals surface area contributed by atoms with Crippen molar-refractivity contribution in [3.63, 3.8) is 0 Å². The molecule has 140 valence electrons. The zero-order valence-electron chi connectivity index (χ0n) is 15.7. The molecule has 2 rings (SSSR count). The molecule has 6 heteroatoms. The molecular formula is C21H21BrN2O3. The number of nitrogens with zero attached hydrogens (tertiary/aromatic N) is 1. The summed E-state index contributed by atoms with van der Waals surface area (Å²) >= 11 is 3.44. The van der Waals surface area contributed by atoms with Gasteiger partial charge in [0, 0.05) is 5.69 Å². The zero-order valence-corrected chi connectivity index (χ0v) is 17.3. The molecule has 0 spiro atoms. The van der Waals surface area contributed by atoms with Gasteiger partial charge in [-0.3, -0.25) is 4.79 Å². The van der Waals surface area contributed by atoms with E-state index in [2.05, 4.69) is 21.2 Å². The van der Waals surface area contributed by atoms with E-state index < -0.39 is 5.91 Å². The summed E-state index contributed by atoms with van der Waals surface area (Å²) in [5.41, 5.74) is 3.23. The Kier molecular flexibility index (Phi) is 7.03. The summed E-state index contributed by atoms with van der Waals surface area (Å²) < 4.78 is 11.6. The third kappa shape index (κ3) is 4.89. The molecule has 0 saturated carbocycles. The number of hydrogen-bond acceptors (Lipinski definition) is 4. The number of aryl methyl sites for hydroxylation is 2. The van der Waals surface area contributed by atoms with E-state index >= 15 is 0 Å². The molecule has 0 aliphatic carbocycles. The van der Waals surface area contributed by atoms with Crippen molar-refractivity contribution in [2.75, 3.05) is 19.0 Å². The molecule has 2 aromatic carbocycles. The monoisotopic (exact) mass is 428 g/mol. The zero-order chi connectivity index (χ0) is 20.0. The van der Waals surface area contributed by atoms with Crippen LogP contribution in [0.1, 0.15) is 23.6 Å². The van der Waals surface area contributed by atoms with Crippen molar-refractivity contribution in [2.24, 2.45) is 0 Å². The van der Waals surface area contributed by atoms with Crippen LogP contribution in [0, 0.1) is 25.2 Å². The van der Waals surface area contributed by atoms with Gasteiger partial charge < -0.3 is 14.8 Å². The lowest BCUT2D eigenvalue weighted by Gasteiger charge is -2.13. The first-order valence-corrected chi connectivity index (χ1v) is 9.20. The molecule has 0 heterocycles. The van der Waals surface area contributed by atoms with Crippen molar-refractivity contribution in [3.05, 3.63) is 57.1 Å².